The highest BCUT2D eigenvalue weighted by molar-refractivity contribution is 7.89. The molecule has 2 N–H and O–H groups in total. The Balaban J connectivity index is 2.78. The molecule has 1 rings (SSSR count). The monoisotopic (exact) mass is 290 g/mol. The van der Waals surface area contributed by atoms with Crippen molar-refractivity contribution >= 4 is 21.8 Å². The Kier molecular flexibility index (Phi) is 4.90. The fraction of sp³-hybridized carbons (Fsp3) is 0.600. The molecular formula is C10H18N4O4S. The third kappa shape index (κ3) is 3.67. The highest BCUT2D eigenvalue weighted by atomic mass is 32.2. The van der Waals surface area contributed by atoms with Gasteiger partial charge < -0.3 is 10.5 Å². The number of sulfonamides is 1. The van der Waals surface area contributed by atoms with Crippen molar-refractivity contribution in [3.8, 4) is 0 Å². The maximum atomic E-state index is 12.2. The first-order valence-corrected chi connectivity index (χ1v) is 7.14. The molecule has 0 radical (unpaired) electrons. The fourth-order valence-electron chi connectivity index (χ4n) is 1.45. The molecule has 1 aromatic rings. The summed E-state index contributed by atoms with van der Waals surface area (Å²) < 4.78 is 31.5. The van der Waals surface area contributed by atoms with Crippen molar-refractivity contribution in [2.75, 3.05) is 25.9 Å². The van der Waals surface area contributed by atoms with Crippen LogP contribution < -0.4 is 5.73 Å². The molecule has 0 aliphatic heterocycles. The number of hydrogen-bond donors (Lipinski definition) is 1. The Bertz CT molecular complexity index is 552. The predicted molar refractivity (Wildman–Crippen MR) is 68.7 cm³/mol. The van der Waals surface area contributed by atoms with Gasteiger partial charge >= 0.3 is 5.97 Å². The van der Waals surface area contributed by atoms with Gasteiger partial charge in [-0.2, -0.15) is 5.10 Å². The van der Waals surface area contributed by atoms with Gasteiger partial charge in [-0.05, 0) is 6.92 Å². The minimum absolute atomic E-state index is 0.0102. The summed E-state index contributed by atoms with van der Waals surface area (Å²) in [6.45, 7) is 1.98. The lowest BCUT2D eigenvalue weighted by atomic mass is 10.4. The number of aromatic nitrogens is 2. The van der Waals surface area contributed by atoms with Crippen LogP contribution in [0.25, 0.3) is 0 Å². The Hall–Kier alpha value is -1.61. The molecule has 108 valence electrons. The largest absolute Gasteiger partial charge is 0.466 e. The van der Waals surface area contributed by atoms with Crippen LogP contribution in [0.2, 0.25) is 0 Å². The molecule has 0 unspecified atom stereocenters. The minimum Gasteiger partial charge on any atom is -0.466 e. The number of anilines is 1. The predicted octanol–water partition coefficient (Wildman–Crippen LogP) is -0.424. The summed E-state index contributed by atoms with van der Waals surface area (Å²) in [5, 5.41) is 3.78. The van der Waals surface area contributed by atoms with E-state index in [0.29, 0.717) is 0 Å². The highest BCUT2D eigenvalue weighted by Crippen LogP contribution is 2.19. The summed E-state index contributed by atoms with van der Waals surface area (Å²) in [5.74, 6) is -0.505. The Labute approximate surface area is 112 Å². The molecule has 1 heterocycles. The average molecular weight is 290 g/mol. The summed E-state index contributed by atoms with van der Waals surface area (Å²) >= 11 is 0. The molecule has 0 aliphatic carbocycles. The number of carbonyl (C=O) groups is 1. The van der Waals surface area contributed by atoms with Crippen molar-refractivity contribution in [1.82, 2.24) is 14.1 Å². The van der Waals surface area contributed by atoms with E-state index in [-0.39, 0.29) is 30.3 Å². The van der Waals surface area contributed by atoms with E-state index in [9.17, 15) is 13.2 Å². The number of carbonyl (C=O) groups excluding carboxylic acids is 1. The minimum atomic E-state index is -3.74. The van der Waals surface area contributed by atoms with E-state index in [1.165, 1.54) is 17.9 Å². The quantitative estimate of drug-likeness (QED) is 0.713. The second-order valence-electron chi connectivity index (χ2n) is 3.93. The van der Waals surface area contributed by atoms with Crippen molar-refractivity contribution in [2.45, 2.75) is 18.2 Å². The third-order valence-corrected chi connectivity index (χ3v) is 4.32. The lowest BCUT2D eigenvalue weighted by Crippen LogP contribution is -2.29. The second-order valence-corrected chi connectivity index (χ2v) is 5.95. The smallest absolute Gasteiger partial charge is 0.307 e. The molecule has 0 bridgehead atoms. The summed E-state index contributed by atoms with van der Waals surface area (Å²) in [6, 6.07) is 0. The first-order valence-electron chi connectivity index (χ1n) is 5.70. The molecule has 0 aromatic carbocycles. The van der Waals surface area contributed by atoms with Crippen LogP contribution in [0, 0.1) is 0 Å². The first-order chi connectivity index (χ1) is 8.78. The van der Waals surface area contributed by atoms with E-state index in [4.69, 9.17) is 10.5 Å². The number of esters is 1. The van der Waals surface area contributed by atoms with Crippen LogP contribution in [-0.2, 0) is 26.6 Å². The van der Waals surface area contributed by atoms with E-state index in [1.807, 2.05) is 0 Å². The van der Waals surface area contributed by atoms with Gasteiger partial charge in [0, 0.05) is 26.8 Å². The first kappa shape index (κ1) is 15.4. The number of nitrogens with two attached hydrogens (primary N) is 1. The van der Waals surface area contributed by atoms with Gasteiger partial charge in [0.2, 0.25) is 10.0 Å². The van der Waals surface area contributed by atoms with Gasteiger partial charge in [0.05, 0.1) is 13.0 Å². The molecule has 0 saturated heterocycles. The van der Waals surface area contributed by atoms with Gasteiger partial charge in [-0.1, -0.05) is 0 Å². The summed E-state index contributed by atoms with van der Waals surface area (Å²) in [5.41, 5.74) is 5.54. The van der Waals surface area contributed by atoms with Gasteiger partial charge in [0.25, 0.3) is 0 Å². The van der Waals surface area contributed by atoms with E-state index < -0.39 is 16.0 Å². The SMILES string of the molecule is CCOC(=O)CCN(C)S(=O)(=O)c1cn(C)nc1N. The van der Waals surface area contributed by atoms with Crippen LogP contribution in [0.4, 0.5) is 5.82 Å². The van der Waals surface area contributed by atoms with E-state index in [0.717, 1.165) is 4.31 Å². The normalized spacial score (nSPS) is 11.8. The molecule has 1 aromatic heterocycles. The molecule has 0 amide bonds. The van der Waals surface area contributed by atoms with Crippen molar-refractivity contribution < 1.29 is 17.9 Å². The van der Waals surface area contributed by atoms with Crippen molar-refractivity contribution in [3.63, 3.8) is 0 Å². The molecule has 0 spiro atoms. The third-order valence-electron chi connectivity index (χ3n) is 2.45. The summed E-state index contributed by atoms with van der Waals surface area (Å²) in [4.78, 5) is 11.1. The Morgan fingerprint density at radius 1 is 1.58 bits per heavy atom. The number of ether oxygens (including phenoxy) is 1. The molecule has 0 fully saturated rings. The molecule has 9 heteroatoms. The number of aryl methyl sites for hydroxylation is 1. The standard InChI is InChI=1S/C10H18N4O4S/c1-4-18-9(15)5-6-14(3)19(16,17)8-7-13(2)12-10(8)11/h7H,4-6H2,1-3H3,(H2,11,12). The van der Waals surface area contributed by atoms with Gasteiger partial charge in [-0.15, -0.1) is 0 Å². The van der Waals surface area contributed by atoms with Crippen LogP contribution in [0.1, 0.15) is 13.3 Å². The van der Waals surface area contributed by atoms with Crippen LogP contribution in [0.3, 0.4) is 0 Å². The number of rotatable bonds is 6. The molecule has 8 nitrogen and oxygen atoms in total. The van der Waals surface area contributed by atoms with Gasteiger partial charge in [-0.25, -0.2) is 12.7 Å². The van der Waals surface area contributed by atoms with Crippen molar-refractivity contribution in [3.05, 3.63) is 6.20 Å². The highest BCUT2D eigenvalue weighted by Gasteiger charge is 2.26. The summed E-state index contributed by atoms with van der Waals surface area (Å²) in [7, 11) is -0.789. The second kappa shape index (κ2) is 6.02. The maximum Gasteiger partial charge on any atom is 0.307 e. The molecule has 0 atom stereocenters. The lowest BCUT2D eigenvalue weighted by Gasteiger charge is -2.15. The van der Waals surface area contributed by atoms with Gasteiger partial charge in [0.15, 0.2) is 5.82 Å². The maximum absolute atomic E-state index is 12.2. The molecular weight excluding hydrogens is 272 g/mol. The average Bonchev–Trinajstić information content (AvgIpc) is 2.66. The fourth-order valence-corrected chi connectivity index (χ4v) is 2.71. The van der Waals surface area contributed by atoms with Crippen LogP contribution in [0.15, 0.2) is 11.1 Å². The molecule has 0 aliphatic rings. The number of nitrogens with zero attached hydrogens (tertiary/aromatic N) is 3. The van der Waals surface area contributed by atoms with Crippen molar-refractivity contribution in [1.29, 1.82) is 0 Å². The van der Waals surface area contributed by atoms with Crippen LogP contribution in [-0.4, -0.2) is 48.7 Å². The van der Waals surface area contributed by atoms with Gasteiger partial charge in [0.1, 0.15) is 4.90 Å². The number of nitrogen functional groups attached to an aromatic ring is 1. The van der Waals surface area contributed by atoms with Gasteiger partial charge in [-0.3, -0.25) is 9.48 Å². The Morgan fingerprint density at radius 2 is 2.21 bits per heavy atom. The van der Waals surface area contributed by atoms with E-state index >= 15 is 0 Å². The number of hydrogen-bond acceptors (Lipinski definition) is 6. The lowest BCUT2D eigenvalue weighted by molar-refractivity contribution is -0.143. The topological polar surface area (TPSA) is 108 Å². The zero-order valence-electron chi connectivity index (χ0n) is 11.2. The van der Waals surface area contributed by atoms with Crippen LogP contribution in [0.5, 0.6) is 0 Å². The van der Waals surface area contributed by atoms with Crippen LogP contribution >= 0.6 is 0 Å². The van der Waals surface area contributed by atoms with E-state index in [2.05, 4.69) is 5.10 Å². The van der Waals surface area contributed by atoms with Crippen molar-refractivity contribution in [2.24, 2.45) is 7.05 Å². The van der Waals surface area contributed by atoms with E-state index in [1.54, 1.807) is 14.0 Å². The molecule has 19 heavy (non-hydrogen) atoms. The summed E-state index contributed by atoms with van der Waals surface area (Å²) in [6.07, 6.45) is 1.31. The molecule has 0 saturated carbocycles. The zero-order valence-corrected chi connectivity index (χ0v) is 12.0. The zero-order chi connectivity index (χ0) is 14.6. The Morgan fingerprint density at radius 3 is 2.68 bits per heavy atom.